The van der Waals surface area contributed by atoms with Gasteiger partial charge in [-0.25, -0.2) is 0 Å². The van der Waals surface area contributed by atoms with Crippen LogP contribution in [-0.2, 0) is 11.2 Å². The summed E-state index contributed by atoms with van der Waals surface area (Å²) in [6.45, 7) is 0. The largest absolute Gasteiger partial charge is 0.480 e. The van der Waals surface area contributed by atoms with E-state index in [2.05, 4.69) is 36.8 Å². The maximum Gasteiger partial charge on any atom is 0.320 e. The second-order valence-corrected chi connectivity index (χ2v) is 5.39. The van der Waals surface area contributed by atoms with Crippen molar-refractivity contribution in [3.8, 4) is 0 Å². The van der Waals surface area contributed by atoms with E-state index in [-0.39, 0.29) is 0 Å². The van der Waals surface area contributed by atoms with Gasteiger partial charge in [0, 0.05) is 22.5 Å². The first-order chi connectivity index (χ1) is 8.00. The zero-order valence-corrected chi connectivity index (χ0v) is 11.9. The molecule has 90 valence electrons. The first-order valence-electron chi connectivity index (χ1n) is 4.93. The number of aromatic nitrogens is 1. The minimum absolute atomic E-state index is 0.309. The molecule has 0 radical (unpaired) electrons. The molecule has 0 spiro atoms. The summed E-state index contributed by atoms with van der Waals surface area (Å²) >= 11 is 6.88. The third kappa shape index (κ3) is 2.38. The lowest BCUT2D eigenvalue weighted by molar-refractivity contribution is -0.138. The van der Waals surface area contributed by atoms with Gasteiger partial charge in [-0.1, -0.05) is 6.07 Å². The Morgan fingerprint density at radius 2 is 2.18 bits per heavy atom. The Kier molecular flexibility index (Phi) is 3.56. The summed E-state index contributed by atoms with van der Waals surface area (Å²) in [6.07, 6.45) is 2.11. The van der Waals surface area contributed by atoms with Gasteiger partial charge < -0.3 is 15.8 Å². The number of carboxylic acids is 1. The Labute approximate surface area is 114 Å². The second-order valence-electron chi connectivity index (χ2n) is 3.75. The van der Waals surface area contributed by atoms with E-state index in [9.17, 15) is 4.79 Å². The minimum Gasteiger partial charge on any atom is -0.480 e. The van der Waals surface area contributed by atoms with E-state index in [1.807, 2.05) is 12.1 Å². The van der Waals surface area contributed by atoms with Crippen molar-refractivity contribution in [2.75, 3.05) is 0 Å². The number of hydrogen-bond donors (Lipinski definition) is 3. The number of carboxylic acid groups (broad SMARTS) is 1. The van der Waals surface area contributed by atoms with Crippen LogP contribution in [0, 0.1) is 0 Å². The monoisotopic (exact) mass is 360 g/mol. The van der Waals surface area contributed by atoms with Gasteiger partial charge in [0.2, 0.25) is 0 Å². The van der Waals surface area contributed by atoms with Crippen LogP contribution in [0.1, 0.15) is 5.56 Å². The normalized spacial score (nSPS) is 12.9. The van der Waals surface area contributed by atoms with Crippen LogP contribution < -0.4 is 5.73 Å². The van der Waals surface area contributed by atoms with Crippen LogP contribution in [0.5, 0.6) is 0 Å². The molecular formula is C11H10Br2N2O2. The van der Waals surface area contributed by atoms with Crippen LogP contribution in [0.3, 0.4) is 0 Å². The summed E-state index contributed by atoms with van der Waals surface area (Å²) in [7, 11) is 0. The SMILES string of the molecule is N[C@@H](Cc1c[nH]c2c(Br)c(Br)ccc12)C(=O)O. The molecule has 2 rings (SSSR count). The number of aliphatic carboxylic acids is 1. The number of fused-ring (bicyclic) bond motifs is 1. The summed E-state index contributed by atoms with van der Waals surface area (Å²) in [4.78, 5) is 13.8. The third-order valence-electron chi connectivity index (χ3n) is 2.59. The molecule has 0 amide bonds. The number of carbonyl (C=O) groups is 1. The number of benzene rings is 1. The average molecular weight is 362 g/mol. The van der Waals surface area contributed by atoms with Crippen molar-refractivity contribution < 1.29 is 9.90 Å². The number of H-pyrrole nitrogens is 1. The molecular weight excluding hydrogens is 352 g/mol. The van der Waals surface area contributed by atoms with Crippen LogP contribution in [-0.4, -0.2) is 22.1 Å². The predicted molar refractivity (Wildman–Crippen MR) is 73.0 cm³/mol. The third-order valence-corrected chi connectivity index (χ3v) is 4.61. The van der Waals surface area contributed by atoms with Crippen LogP contribution >= 0.6 is 31.9 Å². The van der Waals surface area contributed by atoms with E-state index in [4.69, 9.17) is 10.8 Å². The summed E-state index contributed by atoms with van der Waals surface area (Å²) in [5, 5.41) is 9.78. The van der Waals surface area contributed by atoms with Crippen molar-refractivity contribution in [2.24, 2.45) is 5.73 Å². The molecule has 0 aliphatic carbocycles. The van der Waals surface area contributed by atoms with Gasteiger partial charge in [-0.05, 0) is 43.5 Å². The highest BCUT2D eigenvalue weighted by Crippen LogP contribution is 2.32. The van der Waals surface area contributed by atoms with Crippen molar-refractivity contribution in [2.45, 2.75) is 12.5 Å². The first-order valence-corrected chi connectivity index (χ1v) is 6.51. The lowest BCUT2D eigenvalue weighted by atomic mass is 10.1. The molecule has 17 heavy (non-hydrogen) atoms. The number of hydrogen-bond acceptors (Lipinski definition) is 2. The second kappa shape index (κ2) is 4.80. The molecule has 1 atom stereocenters. The molecule has 1 aromatic carbocycles. The summed E-state index contributed by atoms with van der Waals surface area (Å²) in [5.41, 5.74) is 7.37. The summed E-state index contributed by atoms with van der Waals surface area (Å²) in [6, 6.07) is 2.97. The van der Waals surface area contributed by atoms with Gasteiger partial charge in [0.25, 0.3) is 0 Å². The van der Waals surface area contributed by atoms with E-state index in [1.54, 1.807) is 6.20 Å². The number of nitrogens with one attached hydrogen (secondary N) is 1. The van der Waals surface area contributed by atoms with E-state index in [1.165, 1.54) is 0 Å². The fourth-order valence-electron chi connectivity index (χ4n) is 1.69. The standard InChI is InChI=1S/C11H10Br2N2O2/c12-7-2-1-6-5(3-8(14)11(16)17)4-15-10(6)9(7)13/h1-2,4,8,15H,3,14H2,(H,16,17)/t8-/m0/s1. The predicted octanol–water partition coefficient (Wildman–Crippen LogP) is 2.65. The van der Waals surface area contributed by atoms with Crippen LogP contribution in [0.2, 0.25) is 0 Å². The maximum atomic E-state index is 10.7. The Bertz CT molecular complexity index is 580. The highest BCUT2D eigenvalue weighted by Gasteiger charge is 2.16. The van der Waals surface area contributed by atoms with Crippen molar-refractivity contribution in [1.29, 1.82) is 0 Å². The fourth-order valence-corrected chi connectivity index (χ4v) is 2.48. The molecule has 0 bridgehead atoms. The molecule has 0 saturated carbocycles. The van der Waals surface area contributed by atoms with Crippen molar-refractivity contribution in [1.82, 2.24) is 4.98 Å². The van der Waals surface area contributed by atoms with Crippen LogP contribution in [0.15, 0.2) is 27.3 Å². The van der Waals surface area contributed by atoms with Gasteiger partial charge >= 0.3 is 5.97 Å². The number of nitrogens with two attached hydrogens (primary N) is 1. The maximum absolute atomic E-state index is 10.7. The zero-order chi connectivity index (χ0) is 12.6. The lowest BCUT2D eigenvalue weighted by Crippen LogP contribution is -2.32. The number of halogens is 2. The fraction of sp³-hybridized carbons (Fsp3) is 0.182. The van der Waals surface area contributed by atoms with E-state index in [0.29, 0.717) is 6.42 Å². The Morgan fingerprint density at radius 1 is 1.47 bits per heavy atom. The summed E-state index contributed by atoms with van der Waals surface area (Å²) < 4.78 is 1.87. The van der Waals surface area contributed by atoms with Gasteiger partial charge in [-0.15, -0.1) is 0 Å². The van der Waals surface area contributed by atoms with Gasteiger partial charge in [0.05, 0.1) is 9.99 Å². The molecule has 1 aromatic heterocycles. The molecule has 0 aliphatic heterocycles. The Morgan fingerprint density at radius 3 is 2.82 bits per heavy atom. The average Bonchev–Trinajstić information content (AvgIpc) is 2.67. The van der Waals surface area contributed by atoms with Gasteiger partial charge in [-0.2, -0.15) is 0 Å². The Hall–Kier alpha value is -0.850. The molecule has 0 unspecified atom stereocenters. The van der Waals surface area contributed by atoms with Crippen molar-refractivity contribution in [3.63, 3.8) is 0 Å². The molecule has 2 aromatic rings. The zero-order valence-electron chi connectivity index (χ0n) is 8.71. The lowest BCUT2D eigenvalue weighted by Gasteiger charge is -2.05. The van der Waals surface area contributed by atoms with Gasteiger partial charge in [0.15, 0.2) is 0 Å². The van der Waals surface area contributed by atoms with Crippen LogP contribution in [0.25, 0.3) is 10.9 Å². The molecule has 6 heteroatoms. The Balaban J connectivity index is 2.44. The van der Waals surface area contributed by atoms with Gasteiger partial charge in [0.1, 0.15) is 6.04 Å². The highest BCUT2D eigenvalue weighted by atomic mass is 79.9. The molecule has 0 aliphatic rings. The number of aromatic amines is 1. The summed E-state index contributed by atoms with van der Waals surface area (Å²) in [5.74, 6) is -0.990. The van der Waals surface area contributed by atoms with E-state index >= 15 is 0 Å². The van der Waals surface area contributed by atoms with Crippen LogP contribution in [0.4, 0.5) is 0 Å². The van der Waals surface area contributed by atoms with E-state index < -0.39 is 12.0 Å². The first kappa shape index (κ1) is 12.6. The van der Waals surface area contributed by atoms with Gasteiger partial charge in [-0.3, -0.25) is 4.79 Å². The van der Waals surface area contributed by atoms with Crippen molar-refractivity contribution in [3.05, 3.63) is 32.8 Å². The number of rotatable bonds is 3. The quantitative estimate of drug-likeness (QED) is 0.786. The molecule has 4 N–H and O–H groups in total. The van der Waals surface area contributed by atoms with Crippen molar-refractivity contribution >= 4 is 48.7 Å². The smallest absolute Gasteiger partial charge is 0.320 e. The van der Waals surface area contributed by atoms with E-state index in [0.717, 1.165) is 25.4 Å². The topological polar surface area (TPSA) is 79.1 Å². The highest BCUT2D eigenvalue weighted by molar-refractivity contribution is 9.13. The molecule has 1 heterocycles. The minimum atomic E-state index is -0.990. The molecule has 0 saturated heterocycles. The molecule has 4 nitrogen and oxygen atoms in total. The molecule has 0 fully saturated rings.